The number of carbonyl (C=O) groups is 1. The third kappa shape index (κ3) is 3.22. The second-order valence-electron chi connectivity index (χ2n) is 5.51. The predicted molar refractivity (Wildman–Crippen MR) is 97.8 cm³/mol. The second-order valence-corrected chi connectivity index (χ2v) is 6.27. The van der Waals surface area contributed by atoms with E-state index in [0.29, 0.717) is 28.0 Å². The van der Waals surface area contributed by atoms with E-state index >= 15 is 0 Å². The monoisotopic (exact) mass is 363 g/mol. The highest BCUT2D eigenvalue weighted by atomic mass is 32.1. The third-order valence-electron chi connectivity index (χ3n) is 3.68. The highest BCUT2D eigenvalue weighted by Gasteiger charge is 2.15. The lowest BCUT2D eigenvalue weighted by Crippen LogP contribution is -2.11. The van der Waals surface area contributed by atoms with Gasteiger partial charge < -0.3 is 9.84 Å². The molecule has 26 heavy (non-hydrogen) atoms. The molecule has 8 heteroatoms. The van der Waals surface area contributed by atoms with E-state index in [1.165, 1.54) is 0 Å². The summed E-state index contributed by atoms with van der Waals surface area (Å²) in [6.07, 6.45) is 0. The zero-order chi connectivity index (χ0) is 17.9. The van der Waals surface area contributed by atoms with Crippen molar-refractivity contribution in [2.75, 3.05) is 5.32 Å². The van der Waals surface area contributed by atoms with Crippen LogP contribution in [0.25, 0.3) is 22.8 Å². The maximum absolute atomic E-state index is 12.3. The van der Waals surface area contributed by atoms with E-state index in [4.69, 9.17) is 4.52 Å². The number of aryl methyl sites for hydroxylation is 1. The van der Waals surface area contributed by atoms with Crippen molar-refractivity contribution in [3.8, 4) is 22.8 Å². The lowest BCUT2D eigenvalue weighted by Gasteiger charge is -2.04. The molecule has 1 amide bonds. The van der Waals surface area contributed by atoms with E-state index in [2.05, 4.69) is 25.0 Å². The van der Waals surface area contributed by atoms with Gasteiger partial charge in [0.15, 0.2) is 0 Å². The topological polar surface area (TPSA) is 93.8 Å². The number of rotatable bonds is 4. The van der Waals surface area contributed by atoms with Gasteiger partial charge in [0.25, 0.3) is 11.8 Å². The van der Waals surface area contributed by atoms with Gasteiger partial charge in [0.2, 0.25) is 5.82 Å². The molecule has 0 saturated heterocycles. The average molecular weight is 363 g/mol. The Balaban J connectivity index is 1.57. The Morgan fingerprint density at radius 1 is 1.08 bits per heavy atom. The molecule has 0 saturated carbocycles. The summed E-state index contributed by atoms with van der Waals surface area (Å²) in [5.41, 5.74) is 2.82. The molecule has 2 heterocycles. The number of nitrogens with zero attached hydrogens (tertiary/aromatic N) is 4. The van der Waals surface area contributed by atoms with Crippen molar-refractivity contribution in [1.29, 1.82) is 0 Å². The van der Waals surface area contributed by atoms with Crippen molar-refractivity contribution in [2.45, 2.75) is 6.92 Å². The van der Waals surface area contributed by atoms with Crippen molar-refractivity contribution >= 4 is 23.1 Å². The molecule has 2 aromatic heterocycles. The van der Waals surface area contributed by atoms with Crippen LogP contribution in [-0.4, -0.2) is 25.6 Å². The van der Waals surface area contributed by atoms with Crippen LogP contribution in [0.15, 0.2) is 59.1 Å². The molecule has 4 aromatic rings. The van der Waals surface area contributed by atoms with Crippen molar-refractivity contribution in [3.05, 3.63) is 65.2 Å². The lowest BCUT2D eigenvalue weighted by molar-refractivity contribution is 0.103. The first-order valence-corrected chi connectivity index (χ1v) is 8.58. The fraction of sp³-hybridized carbons (Fsp3) is 0.0556. The van der Waals surface area contributed by atoms with Gasteiger partial charge >= 0.3 is 0 Å². The van der Waals surface area contributed by atoms with Crippen molar-refractivity contribution in [2.24, 2.45) is 0 Å². The Morgan fingerprint density at radius 2 is 1.88 bits per heavy atom. The average Bonchev–Trinajstić information content (AvgIpc) is 3.32. The molecular formula is C18H13N5O2S. The summed E-state index contributed by atoms with van der Waals surface area (Å²) in [4.78, 5) is 17.2. The van der Waals surface area contributed by atoms with E-state index in [1.54, 1.807) is 19.1 Å². The number of carbonyl (C=O) groups excluding carboxylic acids is 1. The third-order valence-corrected chi connectivity index (χ3v) is 4.51. The van der Waals surface area contributed by atoms with Gasteiger partial charge in [0.05, 0.1) is 5.69 Å². The van der Waals surface area contributed by atoms with Gasteiger partial charge in [-0.05, 0) is 36.7 Å². The minimum atomic E-state index is -0.245. The summed E-state index contributed by atoms with van der Waals surface area (Å²) in [5, 5.41) is 10.7. The van der Waals surface area contributed by atoms with Crippen LogP contribution >= 0.6 is 11.5 Å². The normalized spacial score (nSPS) is 10.7. The quantitative estimate of drug-likeness (QED) is 0.592. The van der Waals surface area contributed by atoms with Gasteiger partial charge in [0, 0.05) is 16.8 Å². The fourth-order valence-corrected chi connectivity index (χ4v) is 2.95. The van der Waals surface area contributed by atoms with Gasteiger partial charge in [-0.1, -0.05) is 46.0 Å². The van der Waals surface area contributed by atoms with Gasteiger partial charge in [-0.25, -0.2) is 0 Å². The summed E-state index contributed by atoms with van der Waals surface area (Å²) in [6.45, 7) is 1.75. The Labute approximate surface area is 152 Å². The maximum atomic E-state index is 12.3. The first-order valence-electron chi connectivity index (χ1n) is 7.80. The van der Waals surface area contributed by atoms with E-state index in [1.807, 2.05) is 42.5 Å². The zero-order valence-corrected chi connectivity index (χ0v) is 14.5. The summed E-state index contributed by atoms with van der Waals surface area (Å²) >= 11 is 1.06. The molecule has 0 bridgehead atoms. The fourth-order valence-electron chi connectivity index (χ4n) is 2.40. The molecule has 0 radical (unpaired) electrons. The Morgan fingerprint density at radius 3 is 2.65 bits per heavy atom. The summed E-state index contributed by atoms with van der Waals surface area (Å²) in [5.74, 6) is 0.655. The van der Waals surface area contributed by atoms with Gasteiger partial charge in [-0.3, -0.25) is 4.79 Å². The molecule has 0 aliphatic carbocycles. The minimum Gasteiger partial charge on any atom is -0.334 e. The SMILES string of the molecule is Cc1nnsc1C(=O)Nc1cccc(-c2nc(-c3ccccc3)no2)c1. The van der Waals surface area contributed by atoms with Crippen LogP contribution in [-0.2, 0) is 0 Å². The lowest BCUT2D eigenvalue weighted by atomic mass is 10.2. The van der Waals surface area contributed by atoms with Gasteiger partial charge in [-0.15, -0.1) is 5.10 Å². The highest BCUT2D eigenvalue weighted by molar-refractivity contribution is 7.08. The Hall–Kier alpha value is -3.39. The van der Waals surface area contributed by atoms with Crippen LogP contribution < -0.4 is 5.32 Å². The van der Waals surface area contributed by atoms with Crippen LogP contribution in [0.2, 0.25) is 0 Å². The van der Waals surface area contributed by atoms with Crippen LogP contribution in [0, 0.1) is 6.92 Å². The maximum Gasteiger partial charge on any atom is 0.269 e. The molecule has 0 spiro atoms. The summed E-state index contributed by atoms with van der Waals surface area (Å²) in [7, 11) is 0. The summed E-state index contributed by atoms with van der Waals surface area (Å²) in [6, 6.07) is 16.8. The molecule has 0 unspecified atom stereocenters. The zero-order valence-electron chi connectivity index (χ0n) is 13.7. The molecule has 128 valence electrons. The number of anilines is 1. The van der Waals surface area contributed by atoms with E-state index < -0.39 is 0 Å². The predicted octanol–water partition coefficient (Wildman–Crippen LogP) is 3.82. The van der Waals surface area contributed by atoms with Gasteiger partial charge in [-0.2, -0.15) is 4.98 Å². The van der Waals surface area contributed by atoms with Crippen molar-refractivity contribution < 1.29 is 9.32 Å². The largest absolute Gasteiger partial charge is 0.334 e. The molecular weight excluding hydrogens is 350 g/mol. The smallest absolute Gasteiger partial charge is 0.269 e. The molecule has 0 fully saturated rings. The molecule has 1 N–H and O–H groups in total. The molecule has 7 nitrogen and oxygen atoms in total. The first kappa shape index (κ1) is 16.1. The number of hydrogen-bond acceptors (Lipinski definition) is 7. The first-order chi connectivity index (χ1) is 12.7. The molecule has 0 aliphatic heterocycles. The molecule has 2 aromatic carbocycles. The van der Waals surface area contributed by atoms with E-state index in [9.17, 15) is 4.79 Å². The number of nitrogens with one attached hydrogen (secondary N) is 1. The molecule has 0 aliphatic rings. The number of aromatic nitrogens is 4. The summed E-state index contributed by atoms with van der Waals surface area (Å²) < 4.78 is 9.14. The number of amides is 1. The van der Waals surface area contributed by atoms with E-state index in [-0.39, 0.29) is 5.91 Å². The van der Waals surface area contributed by atoms with Gasteiger partial charge in [0.1, 0.15) is 4.88 Å². The Kier molecular flexibility index (Phi) is 4.24. The molecule has 0 atom stereocenters. The van der Waals surface area contributed by atoms with E-state index in [0.717, 1.165) is 22.7 Å². The second kappa shape index (κ2) is 6.85. The van der Waals surface area contributed by atoms with Crippen LogP contribution in [0.1, 0.15) is 15.4 Å². The molecule has 4 rings (SSSR count). The van der Waals surface area contributed by atoms with Crippen LogP contribution in [0.4, 0.5) is 5.69 Å². The van der Waals surface area contributed by atoms with Crippen LogP contribution in [0.3, 0.4) is 0 Å². The highest BCUT2D eigenvalue weighted by Crippen LogP contribution is 2.24. The standard InChI is InChI=1S/C18H13N5O2S/c1-11-15(26-23-21-11)17(24)19-14-9-5-8-13(10-14)18-20-16(22-25-18)12-6-3-2-4-7-12/h2-10H,1H3,(H,19,24). The Bertz CT molecular complexity index is 1060. The number of hydrogen-bond donors (Lipinski definition) is 1. The minimum absolute atomic E-state index is 0.245. The van der Waals surface area contributed by atoms with Crippen molar-refractivity contribution in [1.82, 2.24) is 19.7 Å². The number of benzene rings is 2. The van der Waals surface area contributed by atoms with Crippen LogP contribution in [0.5, 0.6) is 0 Å². The van der Waals surface area contributed by atoms with Crippen molar-refractivity contribution in [3.63, 3.8) is 0 Å².